The molecule has 0 aromatic carbocycles. The van der Waals surface area contributed by atoms with Gasteiger partial charge in [0.25, 0.3) is 0 Å². The molecule has 1 aliphatic heterocycles. The highest BCUT2D eigenvalue weighted by Gasteiger charge is 2.19. The highest BCUT2D eigenvalue weighted by Crippen LogP contribution is 2.32. The van der Waals surface area contributed by atoms with Crippen molar-refractivity contribution in [2.75, 3.05) is 38.3 Å². The molecule has 0 saturated carbocycles. The molecule has 4 aromatic rings. The Morgan fingerprint density at radius 3 is 2.63 bits per heavy atom. The van der Waals surface area contributed by atoms with Crippen molar-refractivity contribution in [1.29, 1.82) is 0 Å². The molecule has 0 amide bonds. The molecular weight excluding hydrogens is 378 g/mol. The largest absolute Gasteiger partial charge is 0.481 e. The average molecular weight is 401 g/mol. The zero-order valence-corrected chi connectivity index (χ0v) is 16.9. The van der Waals surface area contributed by atoms with Gasteiger partial charge in [-0.3, -0.25) is 4.98 Å². The second-order valence-electron chi connectivity index (χ2n) is 7.25. The van der Waals surface area contributed by atoms with Gasteiger partial charge < -0.3 is 18.9 Å². The third-order valence-electron chi connectivity index (χ3n) is 5.40. The van der Waals surface area contributed by atoms with Gasteiger partial charge in [-0.05, 0) is 35.9 Å². The van der Waals surface area contributed by atoms with E-state index < -0.39 is 0 Å². The molecule has 0 atom stereocenters. The van der Waals surface area contributed by atoms with Gasteiger partial charge in [-0.25, -0.2) is 9.97 Å². The molecule has 0 N–H and O–H groups in total. The van der Waals surface area contributed by atoms with Crippen molar-refractivity contribution >= 4 is 16.7 Å². The number of fused-ring (bicyclic) bond motifs is 1. The smallest absolute Gasteiger partial charge is 0.212 e. The van der Waals surface area contributed by atoms with E-state index in [-0.39, 0.29) is 0 Å². The molecule has 5 rings (SSSR count). The molecule has 152 valence electrons. The van der Waals surface area contributed by atoms with Crippen molar-refractivity contribution in [3.05, 3.63) is 66.7 Å². The number of nitrogens with zero attached hydrogens (tertiary/aromatic N) is 5. The summed E-state index contributed by atoms with van der Waals surface area (Å²) in [5.41, 5.74) is 4.21. The lowest BCUT2D eigenvalue weighted by atomic mass is 10.1. The highest BCUT2D eigenvalue weighted by atomic mass is 16.5. The number of methoxy groups -OCH3 is 1. The van der Waals surface area contributed by atoms with Crippen LogP contribution in [-0.4, -0.2) is 52.9 Å². The number of anilines is 1. The minimum Gasteiger partial charge on any atom is -0.481 e. The maximum Gasteiger partial charge on any atom is 0.212 e. The Balaban J connectivity index is 1.62. The van der Waals surface area contributed by atoms with Gasteiger partial charge in [-0.15, -0.1) is 0 Å². The Kier molecular flexibility index (Phi) is 5.03. The molecule has 1 aliphatic rings. The molecule has 0 spiro atoms. The van der Waals surface area contributed by atoms with E-state index in [2.05, 4.69) is 37.8 Å². The van der Waals surface area contributed by atoms with Crippen LogP contribution in [0.2, 0.25) is 0 Å². The minimum atomic E-state index is 0.592. The van der Waals surface area contributed by atoms with Crippen LogP contribution in [0.15, 0.2) is 61.2 Å². The van der Waals surface area contributed by atoms with Crippen LogP contribution in [0, 0.1) is 0 Å². The quantitative estimate of drug-likeness (QED) is 0.511. The minimum absolute atomic E-state index is 0.592. The second kappa shape index (κ2) is 8.12. The first-order valence-electron chi connectivity index (χ1n) is 10.0. The molecule has 7 heteroatoms. The van der Waals surface area contributed by atoms with Crippen LogP contribution in [0.4, 0.5) is 5.82 Å². The van der Waals surface area contributed by atoms with Crippen LogP contribution < -0.4 is 9.64 Å². The number of rotatable bonds is 5. The fraction of sp³-hybridized carbons (Fsp3) is 0.261. The van der Waals surface area contributed by atoms with Crippen LogP contribution in [0.5, 0.6) is 5.88 Å². The van der Waals surface area contributed by atoms with Crippen molar-refractivity contribution in [3.8, 4) is 17.1 Å². The summed E-state index contributed by atoms with van der Waals surface area (Å²) < 4.78 is 13.0. The summed E-state index contributed by atoms with van der Waals surface area (Å²) in [5.74, 6) is 1.59. The predicted molar refractivity (Wildman–Crippen MR) is 116 cm³/mol. The summed E-state index contributed by atoms with van der Waals surface area (Å²) in [4.78, 5) is 15.8. The molecule has 4 aromatic heterocycles. The lowest BCUT2D eigenvalue weighted by molar-refractivity contribution is 0.122. The first-order chi connectivity index (χ1) is 14.8. The topological polar surface area (TPSA) is 65.3 Å². The van der Waals surface area contributed by atoms with E-state index in [1.54, 1.807) is 7.11 Å². The van der Waals surface area contributed by atoms with Crippen LogP contribution in [0.25, 0.3) is 22.2 Å². The van der Waals surface area contributed by atoms with Gasteiger partial charge in [-0.2, -0.15) is 0 Å². The zero-order valence-electron chi connectivity index (χ0n) is 16.9. The Hall–Kier alpha value is -3.45. The van der Waals surface area contributed by atoms with Crippen molar-refractivity contribution in [3.63, 3.8) is 0 Å². The molecule has 1 fully saturated rings. The monoisotopic (exact) mass is 401 g/mol. The Morgan fingerprint density at radius 1 is 1.07 bits per heavy atom. The van der Waals surface area contributed by atoms with E-state index in [9.17, 15) is 0 Å². The molecule has 0 unspecified atom stereocenters. The van der Waals surface area contributed by atoms with Crippen LogP contribution in [-0.2, 0) is 11.3 Å². The molecule has 0 radical (unpaired) electrons. The third-order valence-corrected chi connectivity index (χ3v) is 5.40. The lowest BCUT2D eigenvalue weighted by Crippen LogP contribution is -2.36. The predicted octanol–water partition coefficient (Wildman–Crippen LogP) is 3.39. The number of aromatic nitrogens is 4. The van der Waals surface area contributed by atoms with Gasteiger partial charge in [0, 0.05) is 61.4 Å². The van der Waals surface area contributed by atoms with Crippen molar-refractivity contribution in [2.24, 2.45) is 0 Å². The van der Waals surface area contributed by atoms with Crippen molar-refractivity contribution < 1.29 is 9.47 Å². The number of morpholine rings is 1. The fourth-order valence-corrected chi connectivity index (χ4v) is 3.81. The van der Waals surface area contributed by atoms with Crippen LogP contribution >= 0.6 is 0 Å². The lowest BCUT2D eigenvalue weighted by Gasteiger charge is -2.29. The maximum atomic E-state index is 5.55. The van der Waals surface area contributed by atoms with E-state index in [0.29, 0.717) is 5.88 Å². The van der Waals surface area contributed by atoms with Gasteiger partial charge in [0.15, 0.2) is 0 Å². The van der Waals surface area contributed by atoms with Crippen molar-refractivity contribution in [2.45, 2.75) is 6.54 Å². The first-order valence-corrected chi connectivity index (χ1v) is 10.0. The van der Waals surface area contributed by atoms with Crippen LogP contribution in [0.3, 0.4) is 0 Å². The standard InChI is InChI=1S/C23H23N5O2/c1-29-22-3-2-18(15-25-22)20-14-21-19(23(26-20)27-10-12-30-13-11-27)6-9-28(21)16-17-4-7-24-8-5-17/h2-9,14-15H,10-13,16H2,1H3. The molecule has 1 saturated heterocycles. The molecule has 7 nitrogen and oxygen atoms in total. The van der Waals surface area contributed by atoms with Gasteiger partial charge in [0.05, 0.1) is 31.5 Å². The molecule has 0 bridgehead atoms. The average Bonchev–Trinajstić information content (AvgIpc) is 3.22. The summed E-state index contributed by atoms with van der Waals surface area (Å²) >= 11 is 0. The summed E-state index contributed by atoms with van der Waals surface area (Å²) in [7, 11) is 1.62. The van der Waals surface area contributed by atoms with Gasteiger partial charge in [-0.1, -0.05) is 0 Å². The highest BCUT2D eigenvalue weighted by molar-refractivity contribution is 5.93. The summed E-state index contributed by atoms with van der Waals surface area (Å²) in [5, 5.41) is 1.15. The summed E-state index contributed by atoms with van der Waals surface area (Å²) in [6.07, 6.45) is 7.60. The SMILES string of the molecule is COc1ccc(-c2cc3c(ccn3Cc3ccncc3)c(N3CCOCC3)n2)cn1. The Labute approximate surface area is 174 Å². The van der Waals surface area contributed by atoms with E-state index in [1.165, 1.54) is 5.56 Å². The fourth-order valence-electron chi connectivity index (χ4n) is 3.81. The normalized spacial score (nSPS) is 14.2. The molecular formula is C23H23N5O2. The number of hydrogen-bond acceptors (Lipinski definition) is 6. The number of hydrogen-bond donors (Lipinski definition) is 0. The molecule has 30 heavy (non-hydrogen) atoms. The Bertz CT molecular complexity index is 1140. The molecule has 0 aliphatic carbocycles. The van der Waals surface area contributed by atoms with E-state index in [1.807, 2.05) is 42.9 Å². The number of pyridine rings is 3. The summed E-state index contributed by atoms with van der Waals surface area (Å²) in [6.45, 7) is 3.88. The van der Waals surface area contributed by atoms with E-state index in [0.717, 1.165) is 60.8 Å². The zero-order chi connectivity index (χ0) is 20.3. The maximum absolute atomic E-state index is 5.55. The first kappa shape index (κ1) is 18.6. The van der Waals surface area contributed by atoms with Gasteiger partial charge in [0.2, 0.25) is 5.88 Å². The van der Waals surface area contributed by atoms with E-state index in [4.69, 9.17) is 14.5 Å². The third kappa shape index (κ3) is 3.59. The summed E-state index contributed by atoms with van der Waals surface area (Å²) in [6, 6.07) is 12.3. The van der Waals surface area contributed by atoms with Gasteiger partial charge in [0.1, 0.15) is 5.82 Å². The molecule has 5 heterocycles. The number of ether oxygens (including phenoxy) is 2. The second-order valence-corrected chi connectivity index (χ2v) is 7.25. The van der Waals surface area contributed by atoms with Crippen LogP contribution in [0.1, 0.15) is 5.56 Å². The van der Waals surface area contributed by atoms with Gasteiger partial charge >= 0.3 is 0 Å². The van der Waals surface area contributed by atoms with E-state index >= 15 is 0 Å². The van der Waals surface area contributed by atoms with Crippen molar-refractivity contribution in [1.82, 2.24) is 19.5 Å². The Morgan fingerprint density at radius 2 is 1.90 bits per heavy atom.